The van der Waals surface area contributed by atoms with Gasteiger partial charge in [0, 0.05) is 131 Å². The van der Waals surface area contributed by atoms with Gasteiger partial charge in [0.15, 0.2) is 11.4 Å². The maximum Gasteiger partial charge on any atom is 0.274 e. The van der Waals surface area contributed by atoms with Crippen LogP contribution in [0.5, 0.6) is 0 Å². The molecule has 1 aliphatic rings. The van der Waals surface area contributed by atoms with Crippen LogP contribution < -0.4 is 5.32 Å². The Balaban J connectivity index is 0.000000167. The molecule has 2 amide bonds. The standard InChI is InChI=1S/C19H26N4O.2C15H20N2.C14H16ClN3O.C14H17FN2.C14H18N2.C13H15ClN2.C13H17N3/c1-14(2)18-13-17(19(24)22-10-8-21(4)9-11-22)20-23(18)16-7-5-6-15(3)12-16;2*1-10(2)14-12(4)17(5)16-15(14)13-8-6-11(3)7-9-13;1-9(2)13-8-12(14(19)16-3)17-18(13)11-6-4-10(15)5-7-11;1-9(2)14-8-11(4)16-17(14)12-5-6-13(15)10(3)7-12;1-10(2)14-9-12(4)15-16(14)13-7-5-6-11(3)8-13;1-9(2)13-8-10(3)15-16(13)12-6-4-11(14)5-7-12;1-9(2)13-6-11(4)15-16(13)12-5-10(3)7-14-8-12/h5-7,12-14H,8-11H2,1-4H3;2*6-10H,1-5H3;4-9H,1-3H3,(H,16,19);5-9H,1-4H3;5-10H,1-4H3;4-9H,1-3H3;5-9H,1-4H3. The minimum absolute atomic E-state index is 0.0383. The van der Waals surface area contributed by atoms with Gasteiger partial charge in [0.25, 0.3) is 11.8 Å². The highest BCUT2D eigenvalue weighted by Gasteiger charge is 2.27. The number of aromatic nitrogens is 17. The molecule has 22 nitrogen and oxygen atoms in total. The van der Waals surface area contributed by atoms with Crippen molar-refractivity contribution in [1.82, 2.24) is 98.3 Å². The second-order valence-corrected chi connectivity index (χ2v) is 40.5. The average Bonchev–Trinajstić information content (AvgIpc) is 1.65. The van der Waals surface area contributed by atoms with Crippen molar-refractivity contribution in [3.63, 3.8) is 0 Å². The third-order valence-electron chi connectivity index (χ3n) is 24.6. The number of hydrogen-bond donors (Lipinski definition) is 1. The van der Waals surface area contributed by atoms with Crippen LogP contribution in [0, 0.1) is 88.9 Å². The van der Waals surface area contributed by atoms with Crippen LogP contribution in [0.4, 0.5) is 4.39 Å². The summed E-state index contributed by atoms with van der Waals surface area (Å²) in [5, 5.41) is 40.4. The first-order valence-corrected chi connectivity index (χ1v) is 50.2. The van der Waals surface area contributed by atoms with Gasteiger partial charge in [-0.05, 0) is 293 Å². The first-order chi connectivity index (χ1) is 67.2. The summed E-state index contributed by atoms with van der Waals surface area (Å²) in [6.07, 6.45) is 3.71. The van der Waals surface area contributed by atoms with Crippen LogP contribution in [0.2, 0.25) is 10.0 Å². The quantitative estimate of drug-likeness (QED) is 0.0851. The smallest absolute Gasteiger partial charge is 0.274 e. The number of carbonyl (C=O) groups excluding carboxylic acids is 2. The predicted molar refractivity (Wildman–Crippen MR) is 583 cm³/mol. The molecular formula is C117H149Cl2FN20O2. The third-order valence-corrected chi connectivity index (χ3v) is 25.1. The number of nitrogens with one attached hydrogen (secondary N) is 1. The fourth-order valence-electron chi connectivity index (χ4n) is 16.7. The third kappa shape index (κ3) is 29.3. The zero-order valence-corrected chi connectivity index (χ0v) is 91.2. The molecular weight excluding hydrogens is 1810 g/mol. The molecule has 0 spiro atoms. The molecule has 0 saturated carbocycles. The highest BCUT2D eigenvalue weighted by molar-refractivity contribution is 6.30. The zero-order chi connectivity index (χ0) is 104. The lowest BCUT2D eigenvalue weighted by Gasteiger charge is -2.31. The Morgan fingerprint density at radius 1 is 0.324 bits per heavy atom. The highest BCUT2D eigenvalue weighted by atomic mass is 35.5. The van der Waals surface area contributed by atoms with Crippen LogP contribution in [0.15, 0.2) is 219 Å². The van der Waals surface area contributed by atoms with E-state index in [-0.39, 0.29) is 23.5 Å². The van der Waals surface area contributed by atoms with Crippen LogP contribution in [0.1, 0.15) is 292 Å². The Labute approximate surface area is 852 Å². The summed E-state index contributed by atoms with van der Waals surface area (Å²) in [7, 11) is 7.71. The van der Waals surface area contributed by atoms with Crippen molar-refractivity contribution in [2.75, 3.05) is 40.3 Å². The molecule has 1 aliphatic heterocycles. The highest BCUT2D eigenvalue weighted by Crippen LogP contribution is 2.35. The molecule has 1 saturated heterocycles. The maximum atomic E-state index is 13.2. The molecule has 0 unspecified atom stereocenters. The van der Waals surface area contributed by atoms with Crippen molar-refractivity contribution in [3.05, 3.63) is 359 Å². The van der Waals surface area contributed by atoms with Crippen LogP contribution in [0.3, 0.4) is 0 Å². The number of piperazine rings is 1. The summed E-state index contributed by atoms with van der Waals surface area (Å²) >= 11 is 11.8. The molecule has 0 atom stereocenters. The monoisotopic (exact) mass is 1960 g/mol. The zero-order valence-electron chi connectivity index (χ0n) is 89.7. The topological polar surface area (TPSA) is 208 Å². The normalized spacial score (nSPS) is 11.9. The molecule has 142 heavy (non-hydrogen) atoms. The number of likely N-dealkylation sites (N-methyl/N-ethyl adjacent to an activating group) is 1. The van der Waals surface area contributed by atoms with E-state index in [0.717, 1.165) is 122 Å². The molecule has 17 rings (SSSR count). The largest absolute Gasteiger partial charge is 0.354 e. The molecule has 0 radical (unpaired) electrons. The molecule has 750 valence electrons. The summed E-state index contributed by atoms with van der Waals surface area (Å²) < 4.78 is 28.8. The predicted octanol–water partition coefficient (Wildman–Crippen LogP) is 27.7. The lowest BCUT2D eigenvalue weighted by Crippen LogP contribution is -2.47. The molecule has 0 aliphatic carbocycles. The van der Waals surface area contributed by atoms with Crippen molar-refractivity contribution in [3.8, 4) is 56.6 Å². The Morgan fingerprint density at radius 3 is 1.00 bits per heavy atom. The number of halogens is 3. The number of benzene rings is 7. The number of rotatable bonds is 18. The van der Waals surface area contributed by atoms with E-state index < -0.39 is 0 Å². The number of pyridine rings is 1. The summed E-state index contributed by atoms with van der Waals surface area (Å²) in [6, 6.07) is 68.4. The Morgan fingerprint density at radius 2 is 0.648 bits per heavy atom. The second kappa shape index (κ2) is 50.4. The molecule has 9 aromatic heterocycles. The van der Waals surface area contributed by atoms with Gasteiger partial charge in [-0.25, -0.2) is 32.5 Å². The molecule has 1 fully saturated rings. The summed E-state index contributed by atoms with van der Waals surface area (Å²) in [4.78, 5) is 32.9. The summed E-state index contributed by atoms with van der Waals surface area (Å²) in [5.41, 5.74) is 34.8. The van der Waals surface area contributed by atoms with E-state index in [1.54, 1.807) is 24.7 Å². The Bertz CT molecular complexity index is 6620. The van der Waals surface area contributed by atoms with Gasteiger partial charge in [0.1, 0.15) is 5.82 Å². The molecule has 25 heteroatoms. The first-order valence-electron chi connectivity index (χ1n) is 49.4. The minimum Gasteiger partial charge on any atom is -0.354 e. The minimum atomic E-state index is -0.186. The van der Waals surface area contributed by atoms with Crippen molar-refractivity contribution in [2.24, 2.45) is 14.1 Å². The number of nitrogens with zero attached hydrogens (tertiary/aromatic N) is 19. The Kier molecular flexibility index (Phi) is 39.3. The molecule has 7 aromatic carbocycles. The summed E-state index contributed by atoms with van der Waals surface area (Å²) in [5.74, 6) is 3.03. The van der Waals surface area contributed by atoms with E-state index >= 15 is 0 Å². The number of aryl methyl sites for hydroxylation is 12. The van der Waals surface area contributed by atoms with Gasteiger partial charge in [-0.15, -0.1) is 0 Å². The van der Waals surface area contributed by atoms with Crippen LogP contribution in [-0.2, 0) is 14.1 Å². The fraction of sp³-hybridized carbons (Fsp3) is 0.376. The fourth-order valence-corrected chi connectivity index (χ4v) is 16.9. The van der Waals surface area contributed by atoms with Gasteiger partial charge in [0.2, 0.25) is 0 Å². The van der Waals surface area contributed by atoms with E-state index in [0.29, 0.717) is 63.4 Å². The van der Waals surface area contributed by atoms with Crippen LogP contribution >= 0.6 is 23.2 Å². The molecule has 1 N–H and O–H groups in total. The Hall–Kier alpha value is -13.2. The van der Waals surface area contributed by atoms with Crippen LogP contribution in [0.25, 0.3) is 56.6 Å². The molecule has 10 heterocycles. The van der Waals surface area contributed by atoms with Crippen molar-refractivity contribution < 1.29 is 14.0 Å². The van der Waals surface area contributed by atoms with E-state index in [9.17, 15) is 14.0 Å². The number of carbonyl (C=O) groups is 2. The lowest BCUT2D eigenvalue weighted by molar-refractivity contribution is 0.0657. The van der Waals surface area contributed by atoms with Gasteiger partial charge >= 0.3 is 0 Å². The van der Waals surface area contributed by atoms with E-state index in [1.165, 1.54) is 79.0 Å². The van der Waals surface area contributed by atoms with Gasteiger partial charge in [-0.2, -0.15) is 40.8 Å². The van der Waals surface area contributed by atoms with E-state index in [2.05, 4.69) is 331 Å². The van der Waals surface area contributed by atoms with E-state index in [1.807, 2.05) is 178 Å². The summed E-state index contributed by atoms with van der Waals surface area (Å²) in [6.45, 7) is 62.5. The molecule has 0 bridgehead atoms. The second-order valence-electron chi connectivity index (χ2n) is 39.6. The maximum absolute atomic E-state index is 13.2. The molecule has 16 aromatic rings. The van der Waals surface area contributed by atoms with Crippen molar-refractivity contribution >= 4 is 35.0 Å². The van der Waals surface area contributed by atoms with Gasteiger partial charge in [-0.3, -0.25) is 23.9 Å². The van der Waals surface area contributed by atoms with Gasteiger partial charge in [-0.1, -0.05) is 218 Å². The van der Waals surface area contributed by atoms with Gasteiger partial charge in [0.05, 0.1) is 74.5 Å². The first kappa shape index (κ1) is 111. The van der Waals surface area contributed by atoms with Crippen LogP contribution in [-0.4, -0.2) is 145 Å². The lowest BCUT2D eigenvalue weighted by atomic mass is 9.96. The van der Waals surface area contributed by atoms with Crippen molar-refractivity contribution in [2.45, 2.75) is 241 Å². The SMILES string of the molecule is CNC(=O)c1cc(C(C)C)n(-c2ccc(Cl)cc2)n1.Cc1cc(C(C)C)n(-c2ccc(Cl)cc2)n1.Cc1cc(C(C)C)n(-c2ccc(F)c(C)c2)n1.Cc1ccc(-c2nn(C)c(C)c2C(C)C)cc1.Cc1ccc(-c2nn(C)c(C)c2C(C)C)cc1.Cc1cccc(-n2nc(C(=O)N3CCN(C)CC3)cc2C(C)C)c1.Cc1cccc(-n2nc(C)cc2C(C)C)c1.Cc1cncc(-n2nc(C)cc2C(C)C)c1. The van der Waals surface area contributed by atoms with Gasteiger partial charge < -0.3 is 15.1 Å². The van der Waals surface area contributed by atoms with Crippen molar-refractivity contribution in [1.29, 1.82) is 0 Å². The number of hydrogen-bond acceptors (Lipinski definition) is 12. The average molecular weight is 1960 g/mol. The number of amides is 2. The van der Waals surface area contributed by atoms with E-state index in [4.69, 9.17) is 23.2 Å².